The number of anilines is 1. The highest BCUT2D eigenvalue weighted by Crippen LogP contribution is 2.29. The highest BCUT2D eigenvalue weighted by atomic mass is 32.2. The van der Waals surface area contributed by atoms with Crippen LogP contribution in [0, 0.1) is 17.8 Å². The molecule has 2 saturated heterocycles. The van der Waals surface area contributed by atoms with E-state index in [0.717, 1.165) is 57.3 Å². The number of nitrogens with zero attached hydrogens (tertiary/aromatic N) is 2. The van der Waals surface area contributed by atoms with Crippen molar-refractivity contribution in [2.75, 3.05) is 37.3 Å². The molecule has 4 heteroatoms. The van der Waals surface area contributed by atoms with Gasteiger partial charge in [-0.1, -0.05) is 13.8 Å². The second-order valence-electron chi connectivity index (χ2n) is 8.29. The second-order valence-corrected chi connectivity index (χ2v) is 9.17. The van der Waals surface area contributed by atoms with E-state index in [1.165, 1.54) is 23.4 Å². The van der Waals surface area contributed by atoms with E-state index >= 15 is 0 Å². The predicted octanol–water partition coefficient (Wildman–Crippen LogP) is 4.91. The van der Waals surface area contributed by atoms with Crippen LogP contribution in [-0.2, 0) is 4.79 Å². The summed E-state index contributed by atoms with van der Waals surface area (Å²) in [6, 6.07) is 8.87. The first-order valence-electron chi connectivity index (χ1n) is 10.2. The Bertz CT molecular complexity index is 570. The molecule has 0 unspecified atom stereocenters. The zero-order valence-electron chi connectivity index (χ0n) is 16.6. The normalized spacial score (nSPS) is 20.0. The lowest BCUT2D eigenvalue weighted by atomic mass is 9.86. The Hall–Kier alpha value is -1.16. The van der Waals surface area contributed by atoms with Crippen LogP contribution in [0.2, 0.25) is 0 Å². The van der Waals surface area contributed by atoms with Crippen molar-refractivity contribution in [1.82, 2.24) is 4.90 Å². The molecule has 0 saturated carbocycles. The van der Waals surface area contributed by atoms with Crippen molar-refractivity contribution in [3.63, 3.8) is 0 Å². The number of hydrogen-bond acceptors (Lipinski definition) is 3. The fourth-order valence-electron chi connectivity index (χ4n) is 4.38. The van der Waals surface area contributed by atoms with Gasteiger partial charge in [0.1, 0.15) is 0 Å². The Balaban J connectivity index is 1.43. The topological polar surface area (TPSA) is 23.6 Å². The third kappa shape index (κ3) is 4.97. The molecule has 1 aromatic carbocycles. The summed E-state index contributed by atoms with van der Waals surface area (Å²) in [4.78, 5) is 18.6. The Labute approximate surface area is 163 Å². The Morgan fingerprint density at radius 3 is 2.19 bits per heavy atom. The summed E-state index contributed by atoms with van der Waals surface area (Å²) in [5.41, 5.74) is 1.32. The molecular formula is C22H34N2OS. The van der Waals surface area contributed by atoms with Crippen LogP contribution in [0.1, 0.15) is 46.0 Å². The van der Waals surface area contributed by atoms with Gasteiger partial charge in [0, 0.05) is 43.2 Å². The van der Waals surface area contributed by atoms with Crippen LogP contribution in [0.5, 0.6) is 0 Å². The van der Waals surface area contributed by atoms with Crippen molar-refractivity contribution < 1.29 is 4.79 Å². The van der Waals surface area contributed by atoms with Crippen molar-refractivity contribution >= 4 is 23.4 Å². The first-order chi connectivity index (χ1) is 12.6. The van der Waals surface area contributed by atoms with E-state index in [4.69, 9.17) is 0 Å². The minimum Gasteiger partial charge on any atom is -0.372 e. The molecule has 3 nitrogen and oxygen atoms in total. The van der Waals surface area contributed by atoms with Crippen LogP contribution >= 0.6 is 11.8 Å². The lowest BCUT2D eigenvalue weighted by Gasteiger charge is -2.36. The van der Waals surface area contributed by atoms with Gasteiger partial charge in [-0.2, -0.15) is 0 Å². The van der Waals surface area contributed by atoms with E-state index in [9.17, 15) is 4.79 Å². The maximum atomic E-state index is 12.7. The second kappa shape index (κ2) is 9.16. The molecule has 2 heterocycles. The number of carbonyl (C=O) groups is 1. The van der Waals surface area contributed by atoms with E-state index in [2.05, 4.69) is 54.2 Å². The smallest absolute Gasteiger partial charge is 0.222 e. The average Bonchev–Trinajstić information content (AvgIpc) is 2.68. The summed E-state index contributed by atoms with van der Waals surface area (Å²) < 4.78 is 0. The van der Waals surface area contributed by atoms with Gasteiger partial charge in [0.05, 0.1) is 0 Å². The van der Waals surface area contributed by atoms with Gasteiger partial charge in [-0.15, -0.1) is 11.8 Å². The number of amides is 1. The molecule has 0 spiro atoms. The molecule has 2 aliphatic heterocycles. The van der Waals surface area contributed by atoms with Crippen molar-refractivity contribution in [3.8, 4) is 0 Å². The molecule has 1 amide bonds. The first-order valence-corrected chi connectivity index (χ1v) is 11.5. The monoisotopic (exact) mass is 374 g/mol. The third-order valence-electron chi connectivity index (χ3n) is 6.35. The van der Waals surface area contributed by atoms with Crippen LogP contribution in [0.4, 0.5) is 5.69 Å². The summed E-state index contributed by atoms with van der Waals surface area (Å²) in [6.45, 7) is 8.72. The highest BCUT2D eigenvalue weighted by Gasteiger charge is 2.27. The number of rotatable bonds is 5. The van der Waals surface area contributed by atoms with Gasteiger partial charge in [0.15, 0.2) is 0 Å². The van der Waals surface area contributed by atoms with Gasteiger partial charge >= 0.3 is 0 Å². The van der Waals surface area contributed by atoms with Crippen LogP contribution in [0.25, 0.3) is 0 Å². The van der Waals surface area contributed by atoms with Gasteiger partial charge in [-0.25, -0.2) is 0 Å². The van der Waals surface area contributed by atoms with Crippen molar-refractivity contribution in [3.05, 3.63) is 24.3 Å². The van der Waals surface area contributed by atoms with Crippen molar-refractivity contribution in [2.45, 2.75) is 50.8 Å². The largest absolute Gasteiger partial charge is 0.372 e. The Kier molecular flexibility index (Phi) is 6.91. The summed E-state index contributed by atoms with van der Waals surface area (Å²) in [5, 5.41) is 0. The molecule has 26 heavy (non-hydrogen) atoms. The third-order valence-corrected chi connectivity index (χ3v) is 7.09. The van der Waals surface area contributed by atoms with E-state index < -0.39 is 0 Å². The van der Waals surface area contributed by atoms with E-state index in [1.807, 2.05) is 0 Å². The molecule has 2 fully saturated rings. The fourth-order valence-corrected chi connectivity index (χ4v) is 4.79. The number of likely N-dealkylation sites (tertiary alicyclic amines) is 1. The Morgan fingerprint density at radius 1 is 1.04 bits per heavy atom. The lowest BCUT2D eigenvalue weighted by Crippen LogP contribution is -2.41. The maximum absolute atomic E-state index is 12.7. The standard InChI is InChI=1S/C22H34N2OS/c1-17(2)19-10-14-24(15-11-19)22(25)16-18-8-12-23(13-9-18)20-4-6-21(26-3)7-5-20/h4-7,17-19H,8-16H2,1-3H3. The van der Waals surface area contributed by atoms with Crippen LogP contribution in [0.3, 0.4) is 0 Å². The van der Waals surface area contributed by atoms with Gasteiger partial charge in [-0.3, -0.25) is 4.79 Å². The number of carbonyl (C=O) groups excluding carboxylic acids is 1. The molecule has 0 radical (unpaired) electrons. The van der Waals surface area contributed by atoms with E-state index in [-0.39, 0.29) is 0 Å². The van der Waals surface area contributed by atoms with Crippen LogP contribution in [-0.4, -0.2) is 43.2 Å². The van der Waals surface area contributed by atoms with Crippen LogP contribution < -0.4 is 4.90 Å². The summed E-state index contributed by atoms with van der Waals surface area (Å²) in [6.07, 6.45) is 7.52. The molecule has 0 N–H and O–H groups in total. The quantitative estimate of drug-likeness (QED) is 0.684. The fraction of sp³-hybridized carbons (Fsp3) is 0.682. The van der Waals surface area contributed by atoms with Gasteiger partial charge in [0.2, 0.25) is 5.91 Å². The SMILES string of the molecule is CSc1ccc(N2CCC(CC(=O)N3CCC(C(C)C)CC3)CC2)cc1. The minimum absolute atomic E-state index is 0.398. The molecule has 0 aliphatic carbocycles. The number of thioether (sulfide) groups is 1. The molecule has 144 valence electrons. The molecule has 0 aromatic heterocycles. The Morgan fingerprint density at radius 2 is 1.65 bits per heavy atom. The predicted molar refractivity (Wildman–Crippen MR) is 112 cm³/mol. The number of hydrogen-bond donors (Lipinski definition) is 0. The molecule has 2 aliphatic rings. The van der Waals surface area contributed by atoms with Crippen molar-refractivity contribution in [1.29, 1.82) is 0 Å². The molecule has 0 atom stereocenters. The number of piperidine rings is 2. The van der Waals surface area contributed by atoms with E-state index in [1.54, 1.807) is 11.8 Å². The van der Waals surface area contributed by atoms with Gasteiger partial charge < -0.3 is 9.80 Å². The summed E-state index contributed by atoms with van der Waals surface area (Å²) in [5.74, 6) is 2.52. The van der Waals surface area contributed by atoms with Gasteiger partial charge in [-0.05, 0) is 74.0 Å². The zero-order valence-corrected chi connectivity index (χ0v) is 17.4. The molecular weight excluding hydrogens is 340 g/mol. The lowest BCUT2D eigenvalue weighted by molar-refractivity contribution is -0.134. The van der Waals surface area contributed by atoms with E-state index in [0.29, 0.717) is 11.8 Å². The minimum atomic E-state index is 0.398. The van der Waals surface area contributed by atoms with Gasteiger partial charge in [0.25, 0.3) is 0 Å². The summed E-state index contributed by atoms with van der Waals surface area (Å²) >= 11 is 1.79. The zero-order chi connectivity index (χ0) is 18.5. The first kappa shape index (κ1) is 19.6. The van der Waals surface area contributed by atoms with Crippen LogP contribution in [0.15, 0.2) is 29.2 Å². The molecule has 1 aromatic rings. The number of benzene rings is 1. The summed E-state index contributed by atoms with van der Waals surface area (Å²) in [7, 11) is 0. The average molecular weight is 375 g/mol. The maximum Gasteiger partial charge on any atom is 0.222 e. The highest BCUT2D eigenvalue weighted by molar-refractivity contribution is 7.98. The molecule has 0 bridgehead atoms. The molecule has 3 rings (SSSR count). The van der Waals surface area contributed by atoms with Crippen molar-refractivity contribution in [2.24, 2.45) is 17.8 Å².